The second kappa shape index (κ2) is 7.05. The van der Waals surface area contributed by atoms with Crippen LogP contribution in [0, 0.1) is 5.41 Å². The van der Waals surface area contributed by atoms with E-state index >= 15 is 0 Å². The van der Waals surface area contributed by atoms with Gasteiger partial charge in [-0.3, -0.25) is 9.69 Å². The summed E-state index contributed by atoms with van der Waals surface area (Å²) in [5.41, 5.74) is 6.51. The molecule has 1 atom stereocenters. The molecule has 0 aromatic heterocycles. The fourth-order valence-corrected chi connectivity index (χ4v) is 2.63. The Balaban J connectivity index is 1.88. The lowest BCUT2D eigenvalue weighted by atomic mass is 9.91. The molecule has 1 amide bonds. The zero-order valence-electron chi connectivity index (χ0n) is 13.1. The van der Waals surface area contributed by atoms with Gasteiger partial charge in [-0.25, -0.2) is 0 Å². The Morgan fingerprint density at radius 3 is 2.76 bits per heavy atom. The van der Waals surface area contributed by atoms with Gasteiger partial charge in [-0.15, -0.1) is 0 Å². The van der Waals surface area contributed by atoms with Crippen LogP contribution in [0.1, 0.15) is 32.3 Å². The number of rotatable bonds is 5. The van der Waals surface area contributed by atoms with E-state index < -0.39 is 5.41 Å². The molecule has 1 aliphatic heterocycles. The van der Waals surface area contributed by atoms with Crippen molar-refractivity contribution in [2.45, 2.75) is 39.3 Å². The predicted molar refractivity (Wildman–Crippen MR) is 85.7 cm³/mol. The van der Waals surface area contributed by atoms with E-state index in [0.717, 1.165) is 32.5 Å². The topological polar surface area (TPSA) is 58.4 Å². The third-order valence-corrected chi connectivity index (χ3v) is 4.21. The molecule has 0 aliphatic carbocycles. The molecule has 4 heteroatoms. The first-order chi connectivity index (χ1) is 10.0. The summed E-state index contributed by atoms with van der Waals surface area (Å²) in [6.45, 7) is 7.13. The van der Waals surface area contributed by atoms with E-state index in [1.165, 1.54) is 5.56 Å². The van der Waals surface area contributed by atoms with Crippen molar-refractivity contribution in [3.8, 4) is 0 Å². The maximum atomic E-state index is 12.2. The zero-order valence-corrected chi connectivity index (χ0v) is 13.1. The maximum absolute atomic E-state index is 12.2. The lowest BCUT2D eigenvalue weighted by Gasteiger charge is -2.35. The summed E-state index contributed by atoms with van der Waals surface area (Å²) < 4.78 is 0. The molecule has 1 aliphatic rings. The minimum Gasteiger partial charge on any atom is -0.352 e. The Morgan fingerprint density at radius 2 is 2.10 bits per heavy atom. The number of nitrogens with two attached hydrogens (primary N) is 1. The number of nitrogens with one attached hydrogen (secondary N) is 1. The van der Waals surface area contributed by atoms with Crippen LogP contribution in [0.25, 0.3) is 0 Å². The van der Waals surface area contributed by atoms with Crippen LogP contribution < -0.4 is 11.1 Å². The molecule has 2 rings (SSSR count). The molecule has 0 bridgehead atoms. The summed E-state index contributed by atoms with van der Waals surface area (Å²) in [6, 6.07) is 10.7. The van der Waals surface area contributed by atoms with Crippen molar-refractivity contribution in [1.82, 2.24) is 10.2 Å². The highest BCUT2D eigenvalue weighted by atomic mass is 16.2. The van der Waals surface area contributed by atoms with Crippen LogP contribution in [0.5, 0.6) is 0 Å². The van der Waals surface area contributed by atoms with Gasteiger partial charge in [0.1, 0.15) is 0 Å². The highest BCUT2D eigenvalue weighted by Gasteiger charge is 2.29. The number of piperidine rings is 1. The Bertz CT molecular complexity index is 458. The molecule has 1 saturated heterocycles. The van der Waals surface area contributed by atoms with E-state index in [1.54, 1.807) is 0 Å². The summed E-state index contributed by atoms with van der Waals surface area (Å²) in [7, 11) is 0. The van der Waals surface area contributed by atoms with Crippen molar-refractivity contribution in [1.29, 1.82) is 0 Å². The molecule has 1 aromatic carbocycles. The van der Waals surface area contributed by atoms with Crippen molar-refractivity contribution in [3.05, 3.63) is 35.9 Å². The zero-order chi connectivity index (χ0) is 15.3. The van der Waals surface area contributed by atoms with Crippen molar-refractivity contribution in [2.75, 3.05) is 19.6 Å². The van der Waals surface area contributed by atoms with E-state index in [9.17, 15) is 4.79 Å². The van der Waals surface area contributed by atoms with E-state index in [1.807, 2.05) is 19.9 Å². The molecule has 1 heterocycles. The van der Waals surface area contributed by atoms with Gasteiger partial charge in [0.05, 0.1) is 5.41 Å². The van der Waals surface area contributed by atoms with Gasteiger partial charge in [0.15, 0.2) is 0 Å². The number of likely N-dealkylation sites (tertiary alicyclic amines) is 1. The monoisotopic (exact) mass is 289 g/mol. The number of hydrogen-bond acceptors (Lipinski definition) is 3. The minimum atomic E-state index is -0.484. The Hall–Kier alpha value is -1.39. The van der Waals surface area contributed by atoms with Crippen LogP contribution in [-0.4, -0.2) is 36.5 Å². The third-order valence-electron chi connectivity index (χ3n) is 4.21. The van der Waals surface area contributed by atoms with E-state index in [4.69, 9.17) is 5.73 Å². The van der Waals surface area contributed by atoms with E-state index in [0.29, 0.717) is 6.54 Å². The summed E-state index contributed by atoms with van der Waals surface area (Å²) in [4.78, 5) is 14.6. The van der Waals surface area contributed by atoms with Gasteiger partial charge >= 0.3 is 0 Å². The molecule has 1 fully saturated rings. The molecule has 1 unspecified atom stereocenters. The fourth-order valence-electron chi connectivity index (χ4n) is 2.63. The van der Waals surface area contributed by atoms with Gasteiger partial charge in [-0.05, 0) is 38.8 Å². The smallest absolute Gasteiger partial charge is 0.227 e. The number of benzene rings is 1. The van der Waals surface area contributed by atoms with Crippen LogP contribution in [0.4, 0.5) is 0 Å². The van der Waals surface area contributed by atoms with Crippen LogP contribution in [0.3, 0.4) is 0 Å². The number of nitrogens with zero attached hydrogens (tertiary/aromatic N) is 1. The lowest BCUT2D eigenvalue weighted by Crippen LogP contribution is -2.52. The quantitative estimate of drug-likeness (QED) is 0.868. The predicted octanol–water partition coefficient (Wildman–Crippen LogP) is 1.75. The van der Waals surface area contributed by atoms with Gasteiger partial charge in [0, 0.05) is 25.7 Å². The summed E-state index contributed by atoms with van der Waals surface area (Å²) in [5.74, 6) is 0.0663. The molecule has 0 saturated carbocycles. The number of hydrogen-bond donors (Lipinski definition) is 2. The standard InChI is InChI=1S/C17H27N3O/c1-17(2,13-18)16(21)19-15-9-6-10-20(12-15)11-14-7-4-3-5-8-14/h3-5,7-8,15H,6,9-13,18H2,1-2H3,(H,19,21). The largest absolute Gasteiger partial charge is 0.352 e. The summed E-state index contributed by atoms with van der Waals surface area (Å²) in [5, 5.41) is 3.17. The first-order valence-electron chi connectivity index (χ1n) is 7.78. The molecule has 21 heavy (non-hydrogen) atoms. The van der Waals surface area contributed by atoms with Crippen molar-refractivity contribution >= 4 is 5.91 Å². The Labute approximate surface area is 127 Å². The highest BCUT2D eigenvalue weighted by molar-refractivity contribution is 5.82. The minimum absolute atomic E-state index is 0.0663. The maximum Gasteiger partial charge on any atom is 0.227 e. The van der Waals surface area contributed by atoms with Crippen molar-refractivity contribution in [2.24, 2.45) is 11.1 Å². The number of carbonyl (C=O) groups is 1. The molecule has 3 N–H and O–H groups in total. The molecular formula is C17H27N3O. The highest BCUT2D eigenvalue weighted by Crippen LogP contribution is 2.17. The van der Waals surface area contributed by atoms with Crippen molar-refractivity contribution in [3.63, 3.8) is 0 Å². The fraction of sp³-hybridized carbons (Fsp3) is 0.588. The molecular weight excluding hydrogens is 262 g/mol. The SMILES string of the molecule is CC(C)(CN)C(=O)NC1CCCN(Cc2ccccc2)C1. The van der Waals surface area contributed by atoms with Gasteiger partial charge in [0.25, 0.3) is 0 Å². The lowest BCUT2D eigenvalue weighted by molar-refractivity contribution is -0.130. The number of carbonyl (C=O) groups excluding carboxylic acids is 1. The second-order valence-corrected chi connectivity index (χ2v) is 6.62. The molecule has 0 radical (unpaired) electrons. The third kappa shape index (κ3) is 4.55. The van der Waals surface area contributed by atoms with Gasteiger partial charge in [-0.1, -0.05) is 30.3 Å². The second-order valence-electron chi connectivity index (χ2n) is 6.62. The normalized spacial score (nSPS) is 20.2. The Morgan fingerprint density at radius 1 is 1.38 bits per heavy atom. The van der Waals surface area contributed by atoms with Gasteiger partial charge in [-0.2, -0.15) is 0 Å². The van der Waals surface area contributed by atoms with E-state index in [2.05, 4.69) is 34.5 Å². The van der Waals surface area contributed by atoms with Crippen LogP contribution in [0.15, 0.2) is 30.3 Å². The first kappa shape index (κ1) is 16.0. The summed E-state index contributed by atoms with van der Waals surface area (Å²) in [6.07, 6.45) is 2.18. The van der Waals surface area contributed by atoms with Crippen LogP contribution >= 0.6 is 0 Å². The van der Waals surface area contributed by atoms with Gasteiger partial charge < -0.3 is 11.1 Å². The van der Waals surface area contributed by atoms with E-state index in [-0.39, 0.29) is 11.9 Å². The number of amides is 1. The molecule has 1 aromatic rings. The van der Waals surface area contributed by atoms with Crippen LogP contribution in [0.2, 0.25) is 0 Å². The average Bonchev–Trinajstić information content (AvgIpc) is 2.48. The average molecular weight is 289 g/mol. The molecule has 0 spiro atoms. The first-order valence-corrected chi connectivity index (χ1v) is 7.78. The summed E-state index contributed by atoms with van der Waals surface area (Å²) >= 11 is 0. The van der Waals surface area contributed by atoms with Gasteiger partial charge in [0.2, 0.25) is 5.91 Å². The van der Waals surface area contributed by atoms with Crippen molar-refractivity contribution < 1.29 is 4.79 Å². The Kier molecular flexibility index (Phi) is 5.37. The molecule has 116 valence electrons. The molecule has 4 nitrogen and oxygen atoms in total. The van der Waals surface area contributed by atoms with Crippen LogP contribution in [-0.2, 0) is 11.3 Å².